The molecule has 2 aromatic carbocycles. The van der Waals surface area contributed by atoms with Gasteiger partial charge in [-0.1, -0.05) is 12.1 Å². The van der Waals surface area contributed by atoms with Crippen molar-refractivity contribution in [3.8, 4) is 0 Å². The van der Waals surface area contributed by atoms with Crippen molar-refractivity contribution in [3.63, 3.8) is 0 Å². The first-order valence-electron chi connectivity index (χ1n) is 5.81. The van der Waals surface area contributed by atoms with Crippen molar-refractivity contribution in [2.24, 2.45) is 0 Å². The van der Waals surface area contributed by atoms with Crippen LogP contribution in [-0.2, 0) is 12.0 Å². The van der Waals surface area contributed by atoms with E-state index >= 15 is 0 Å². The van der Waals surface area contributed by atoms with Gasteiger partial charge in [0.25, 0.3) is 0 Å². The fraction of sp³-hybridized carbons (Fsp3) is 0.200. The van der Waals surface area contributed by atoms with Crippen LogP contribution in [0.1, 0.15) is 18.1 Å². The molecule has 0 saturated heterocycles. The molecule has 0 heterocycles. The Morgan fingerprint density at radius 2 is 1.68 bits per heavy atom. The van der Waals surface area contributed by atoms with E-state index in [1.807, 2.05) is 0 Å². The summed E-state index contributed by atoms with van der Waals surface area (Å²) in [6.07, 6.45) is -0.00880. The monoisotopic (exact) mass is 266 g/mol. The first kappa shape index (κ1) is 13.6. The van der Waals surface area contributed by atoms with Gasteiger partial charge in [0.05, 0.1) is 5.60 Å². The lowest BCUT2D eigenvalue weighted by Crippen LogP contribution is -2.26. The molecule has 2 aromatic rings. The number of halogens is 3. The molecule has 0 aliphatic heterocycles. The molecule has 0 fully saturated rings. The smallest absolute Gasteiger partial charge is 0.129 e. The van der Waals surface area contributed by atoms with Crippen LogP contribution < -0.4 is 0 Å². The van der Waals surface area contributed by atoms with Crippen molar-refractivity contribution in [1.82, 2.24) is 0 Å². The van der Waals surface area contributed by atoms with E-state index in [1.54, 1.807) is 6.07 Å². The minimum Gasteiger partial charge on any atom is -0.385 e. The Bertz CT molecular complexity index is 594. The lowest BCUT2D eigenvalue weighted by atomic mass is 9.88. The van der Waals surface area contributed by atoms with Gasteiger partial charge < -0.3 is 5.11 Å². The summed E-state index contributed by atoms with van der Waals surface area (Å²) in [6.45, 7) is 1.37. The second-order valence-electron chi connectivity index (χ2n) is 4.70. The Hall–Kier alpha value is -1.81. The average Bonchev–Trinajstić information content (AvgIpc) is 2.31. The molecule has 1 nitrogen and oxygen atoms in total. The lowest BCUT2D eigenvalue weighted by molar-refractivity contribution is 0.0534. The second-order valence-corrected chi connectivity index (χ2v) is 4.70. The topological polar surface area (TPSA) is 20.2 Å². The molecule has 1 atom stereocenters. The molecule has 100 valence electrons. The number of aliphatic hydroxyl groups is 1. The van der Waals surface area contributed by atoms with Gasteiger partial charge in [-0.3, -0.25) is 0 Å². The van der Waals surface area contributed by atoms with Crippen LogP contribution in [-0.4, -0.2) is 5.11 Å². The molecule has 0 radical (unpaired) electrons. The van der Waals surface area contributed by atoms with Crippen molar-refractivity contribution >= 4 is 0 Å². The zero-order chi connectivity index (χ0) is 14.0. The molecule has 0 saturated carbocycles. The molecule has 2 rings (SSSR count). The number of hydrogen-bond acceptors (Lipinski definition) is 1. The van der Waals surface area contributed by atoms with Crippen molar-refractivity contribution in [1.29, 1.82) is 0 Å². The molecule has 1 N–H and O–H groups in total. The molecule has 0 amide bonds. The van der Waals surface area contributed by atoms with Crippen molar-refractivity contribution in [2.75, 3.05) is 0 Å². The number of hydrogen-bond donors (Lipinski definition) is 1. The van der Waals surface area contributed by atoms with Gasteiger partial charge in [-0.05, 0) is 42.8 Å². The number of benzene rings is 2. The molecule has 4 heteroatoms. The fourth-order valence-electron chi connectivity index (χ4n) is 2.05. The molecule has 19 heavy (non-hydrogen) atoms. The Kier molecular flexibility index (Phi) is 3.62. The van der Waals surface area contributed by atoms with Crippen LogP contribution in [0.15, 0.2) is 42.5 Å². The molecular weight excluding hydrogens is 253 g/mol. The second kappa shape index (κ2) is 5.05. The zero-order valence-electron chi connectivity index (χ0n) is 10.3. The molecule has 0 spiro atoms. The fourth-order valence-corrected chi connectivity index (χ4v) is 2.05. The van der Waals surface area contributed by atoms with Crippen molar-refractivity contribution in [3.05, 3.63) is 71.0 Å². The largest absolute Gasteiger partial charge is 0.385 e. The quantitative estimate of drug-likeness (QED) is 0.900. The molecule has 1 unspecified atom stereocenters. The van der Waals surface area contributed by atoms with Crippen LogP contribution in [0.3, 0.4) is 0 Å². The van der Waals surface area contributed by atoms with Crippen LogP contribution in [0.2, 0.25) is 0 Å². The summed E-state index contributed by atoms with van der Waals surface area (Å²) in [5.41, 5.74) is -1.25. The molecular formula is C15H13F3O. The maximum Gasteiger partial charge on any atom is 0.129 e. The zero-order valence-corrected chi connectivity index (χ0v) is 10.3. The predicted molar refractivity (Wildman–Crippen MR) is 66.0 cm³/mol. The highest BCUT2D eigenvalue weighted by molar-refractivity contribution is 5.28. The Morgan fingerprint density at radius 3 is 2.37 bits per heavy atom. The third-order valence-corrected chi connectivity index (χ3v) is 2.95. The molecule has 0 bridgehead atoms. The predicted octanol–water partition coefficient (Wildman–Crippen LogP) is 3.55. The van der Waals surface area contributed by atoms with E-state index in [0.717, 1.165) is 18.2 Å². The van der Waals surface area contributed by atoms with E-state index in [4.69, 9.17) is 0 Å². The molecule has 0 aromatic heterocycles. The Balaban J connectivity index is 2.34. The maximum absolute atomic E-state index is 13.6. The summed E-state index contributed by atoms with van der Waals surface area (Å²) in [5, 5.41) is 10.3. The van der Waals surface area contributed by atoms with Gasteiger partial charge in [0.2, 0.25) is 0 Å². The van der Waals surface area contributed by atoms with E-state index in [-0.39, 0.29) is 12.0 Å². The minimum atomic E-state index is -1.61. The summed E-state index contributed by atoms with van der Waals surface area (Å²) >= 11 is 0. The summed E-state index contributed by atoms with van der Waals surface area (Å²) < 4.78 is 39.9. The minimum absolute atomic E-state index is 0.00880. The normalized spacial score (nSPS) is 14.2. The van der Waals surface area contributed by atoms with Gasteiger partial charge in [0, 0.05) is 12.0 Å². The van der Waals surface area contributed by atoms with Gasteiger partial charge in [0.15, 0.2) is 0 Å². The van der Waals surface area contributed by atoms with E-state index in [0.29, 0.717) is 5.56 Å². The van der Waals surface area contributed by atoms with Crippen LogP contribution in [0.5, 0.6) is 0 Å². The summed E-state index contributed by atoms with van der Waals surface area (Å²) in [7, 11) is 0. The highest BCUT2D eigenvalue weighted by Crippen LogP contribution is 2.28. The van der Waals surface area contributed by atoms with Crippen LogP contribution in [0, 0.1) is 17.5 Å². The number of rotatable bonds is 3. The van der Waals surface area contributed by atoms with Crippen molar-refractivity contribution in [2.45, 2.75) is 18.9 Å². The average molecular weight is 266 g/mol. The highest BCUT2D eigenvalue weighted by Gasteiger charge is 2.27. The van der Waals surface area contributed by atoms with E-state index in [1.165, 1.54) is 25.1 Å². The van der Waals surface area contributed by atoms with Crippen LogP contribution in [0.25, 0.3) is 0 Å². The molecule has 0 aliphatic carbocycles. The van der Waals surface area contributed by atoms with Gasteiger partial charge in [-0.2, -0.15) is 0 Å². The summed E-state index contributed by atoms with van der Waals surface area (Å²) in [5.74, 6) is -1.76. The third kappa shape index (κ3) is 3.15. The van der Waals surface area contributed by atoms with Crippen LogP contribution in [0.4, 0.5) is 13.2 Å². The van der Waals surface area contributed by atoms with E-state index < -0.39 is 23.1 Å². The summed E-state index contributed by atoms with van der Waals surface area (Å²) in [4.78, 5) is 0. The Labute approximate surface area is 109 Å². The lowest BCUT2D eigenvalue weighted by Gasteiger charge is -2.24. The first-order valence-corrected chi connectivity index (χ1v) is 5.81. The van der Waals surface area contributed by atoms with Gasteiger partial charge in [0.1, 0.15) is 17.5 Å². The summed E-state index contributed by atoms with van der Waals surface area (Å²) in [6, 6.07) is 8.56. The Morgan fingerprint density at radius 1 is 1.00 bits per heavy atom. The van der Waals surface area contributed by atoms with E-state index in [2.05, 4.69) is 0 Å². The third-order valence-electron chi connectivity index (χ3n) is 2.95. The maximum atomic E-state index is 13.6. The SMILES string of the molecule is CC(O)(Cc1cccc(F)c1)c1cc(F)ccc1F. The van der Waals surface area contributed by atoms with Gasteiger partial charge >= 0.3 is 0 Å². The van der Waals surface area contributed by atoms with Gasteiger partial charge in [-0.15, -0.1) is 0 Å². The van der Waals surface area contributed by atoms with Gasteiger partial charge in [-0.25, -0.2) is 13.2 Å². The van der Waals surface area contributed by atoms with E-state index in [9.17, 15) is 18.3 Å². The highest BCUT2D eigenvalue weighted by atomic mass is 19.1. The van der Waals surface area contributed by atoms with Crippen molar-refractivity contribution < 1.29 is 18.3 Å². The standard InChI is InChI=1S/C15H13F3O/c1-15(19,9-10-3-2-4-11(16)7-10)13-8-12(17)5-6-14(13)18/h2-8,19H,9H2,1H3. The van der Waals surface area contributed by atoms with Crippen LogP contribution >= 0.6 is 0 Å². The molecule has 0 aliphatic rings. The first-order chi connectivity index (χ1) is 8.88.